The lowest BCUT2D eigenvalue weighted by atomic mass is 9.81. The Labute approximate surface area is 110 Å². The van der Waals surface area contributed by atoms with E-state index in [9.17, 15) is 0 Å². The van der Waals surface area contributed by atoms with E-state index in [2.05, 4.69) is 59.4 Å². The molecule has 0 amide bonds. The van der Waals surface area contributed by atoms with Crippen molar-refractivity contribution in [2.45, 2.75) is 31.3 Å². The number of rotatable bonds is 1. The normalized spacial score (nSPS) is 27.9. The van der Waals surface area contributed by atoms with Crippen LogP contribution in [0.15, 0.2) is 30.3 Å². The molecule has 2 aliphatic heterocycles. The van der Waals surface area contributed by atoms with Crippen LogP contribution in [0.2, 0.25) is 0 Å². The van der Waals surface area contributed by atoms with Gasteiger partial charge >= 0.3 is 0 Å². The van der Waals surface area contributed by atoms with Gasteiger partial charge in [0.15, 0.2) is 0 Å². The third kappa shape index (κ3) is 1.82. The Bertz CT molecular complexity index is 395. The van der Waals surface area contributed by atoms with Gasteiger partial charge in [-0.2, -0.15) is 0 Å². The van der Waals surface area contributed by atoms with Crippen LogP contribution in [-0.4, -0.2) is 43.3 Å². The highest BCUT2D eigenvalue weighted by Crippen LogP contribution is 2.38. The molecule has 0 aromatic heterocycles. The zero-order valence-corrected chi connectivity index (χ0v) is 11.4. The lowest BCUT2D eigenvalue weighted by molar-refractivity contribution is 0.179. The number of hydrogen-bond donors (Lipinski definition) is 1. The van der Waals surface area contributed by atoms with Gasteiger partial charge in [0.05, 0.1) is 12.2 Å². The van der Waals surface area contributed by atoms with Crippen LogP contribution in [-0.2, 0) is 0 Å². The molecule has 3 rings (SSSR count). The van der Waals surface area contributed by atoms with E-state index in [0.29, 0.717) is 11.6 Å². The standard InChI is InChI=1S/C15H23N3/c1-13-15(8-10-17(2)11-9-15)18(12-16-13)14-6-4-3-5-7-14/h3-7,13,16H,8-12H2,1-2H3. The van der Waals surface area contributed by atoms with E-state index in [0.717, 1.165) is 6.67 Å². The van der Waals surface area contributed by atoms with E-state index >= 15 is 0 Å². The summed E-state index contributed by atoms with van der Waals surface area (Å²) in [5.74, 6) is 0. The van der Waals surface area contributed by atoms with Gasteiger partial charge in [-0.25, -0.2) is 0 Å². The molecule has 3 heteroatoms. The van der Waals surface area contributed by atoms with E-state index in [1.165, 1.54) is 31.6 Å². The van der Waals surface area contributed by atoms with Gasteiger partial charge in [-0.05, 0) is 38.9 Å². The lowest BCUT2D eigenvalue weighted by Gasteiger charge is -2.46. The summed E-state index contributed by atoms with van der Waals surface area (Å²) in [7, 11) is 2.23. The summed E-state index contributed by atoms with van der Waals surface area (Å²) in [6.45, 7) is 5.73. The maximum atomic E-state index is 3.65. The molecule has 0 radical (unpaired) electrons. The van der Waals surface area contributed by atoms with Crippen molar-refractivity contribution in [1.82, 2.24) is 10.2 Å². The summed E-state index contributed by atoms with van der Waals surface area (Å²) < 4.78 is 0. The van der Waals surface area contributed by atoms with E-state index < -0.39 is 0 Å². The Balaban J connectivity index is 1.90. The fraction of sp³-hybridized carbons (Fsp3) is 0.600. The topological polar surface area (TPSA) is 18.5 Å². The molecular weight excluding hydrogens is 222 g/mol. The molecule has 1 aromatic carbocycles. The van der Waals surface area contributed by atoms with Crippen molar-refractivity contribution >= 4 is 5.69 Å². The van der Waals surface area contributed by atoms with Crippen molar-refractivity contribution in [1.29, 1.82) is 0 Å². The van der Waals surface area contributed by atoms with Crippen LogP contribution < -0.4 is 10.2 Å². The van der Waals surface area contributed by atoms with E-state index in [1.54, 1.807) is 0 Å². The quantitative estimate of drug-likeness (QED) is 0.815. The summed E-state index contributed by atoms with van der Waals surface area (Å²) in [6.07, 6.45) is 2.51. The summed E-state index contributed by atoms with van der Waals surface area (Å²) in [4.78, 5) is 5.03. The maximum Gasteiger partial charge on any atom is 0.0691 e. The number of nitrogens with zero attached hydrogens (tertiary/aromatic N) is 2. The summed E-state index contributed by atoms with van der Waals surface area (Å²) in [5, 5.41) is 3.65. The fourth-order valence-corrected chi connectivity index (χ4v) is 3.47. The molecule has 2 heterocycles. The molecule has 18 heavy (non-hydrogen) atoms. The number of para-hydroxylation sites is 1. The van der Waals surface area contributed by atoms with Crippen LogP contribution in [0, 0.1) is 0 Å². The van der Waals surface area contributed by atoms with Crippen LogP contribution in [0.5, 0.6) is 0 Å². The number of likely N-dealkylation sites (tertiary alicyclic amines) is 1. The van der Waals surface area contributed by atoms with Gasteiger partial charge in [0.1, 0.15) is 0 Å². The third-order valence-electron chi connectivity index (χ3n) is 4.82. The minimum atomic E-state index is 0.313. The molecule has 1 atom stereocenters. The van der Waals surface area contributed by atoms with Crippen LogP contribution in [0.25, 0.3) is 0 Å². The Morgan fingerprint density at radius 2 is 1.83 bits per heavy atom. The number of nitrogens with one attached hydrogen (secondary N) is 1. The Hall–Kier alpha value is -1.06. The lowest BCUT2D eigenvalue weighted by Crippen LogP contribution is -2.56. The van der Waals surface area contributed by atoms with Gasteiger partial charge in [-0.15, -0.1) is 0 Å². The highest BCUT2D eigenvalue weighted by molar-refractivity contribution is 5.51. The molecule has 0 saturated carbocycles. The Morgan fingerprint density at radius 3 is 2.50 bits per heavy atom. The smallest absolute Gasteiger partial charge is 0.0691 e. The molecule has 1 unspecified atom stereocenters. The Morgan fingerprint density at radius 1 is 1.17 bits per heavy atom. The van der Waals surface area contributed by atoms with E-state index in [4.69, 9.17) is 0 Å². The van der Waals surface area contributed by atoms with E-state index in [-0.39, 0.29) is 0 Å². The second-order valence-corrected chi connectivity index (χ2v) is 5.75. The van der Waals surface area contributed by atoms with Crippen molar-refractivity contribution in [3.05, 3.63) is 30.3 Å². The van der Waals surface area contributed by atoms with Crippen molar-refractivity contribution in [3.63, 3.8) is 0 Å². The van der Waals surface area contributed by atoms with Gasteiger partial charge in [-0.1, -0.05) is 18.2 Å². The first-order chi connectivity index (χ1) is 8.72. The number of benzene rings is 1. The highest BCUT2D eigenvalue weighted by atomic mass is 15.4. The highest BCUT2D eigenvalue weighted by Gasteiger charge is 2.47. The predicted octanol–water partition coefficient (Wildman–Crippen LogP) is 1.91. The molecule has 1 aromatic rings. The molecule has 2 saturated heterocycles. The number of hydrogen-bond acceptors (Lipinski definition) is 3. The van der Waals surface area contributed by atoms with Crippen molar-refractivity contribution in [2.75, 3.05) is 31.7 Å². The molecule has 3 nitrogen and oxygen atoms in total. The summed E-state index contributed by atoms with van der Waals surface area (Å²) in [5.41, 5.74) is 1.67. The minimum absolute atomic E-state index is 0.313. The van der Waals surface area contributed by atoms with E-state index in [1.807, 2.05) is 0 Å². The third-order valence-corrected chi connectivity index (χ3v) is 4.82. The van der Waals surface area contributed by atoms with Crippen molar-refractivity contribution in [3.8, 4) is 0 Å². The largest absolute Gasteiger partial charge is 0.351 e. The fourth-order valence-electron chi connectivity index (χ4n) is 3.47. The zero-order valence-electron chi connectivity index (χ0n) is 11.4. The first-order valence-electron chi connectivity index (χ1n) is 6.97. The molecule has 1 N–H and O–H groups in total. The average molecular weight is 245 g/mol. The van der Waals surface area contributed by atoms with Gasteiger partial charge < -0.3 is 9.80 Å². The molecular formula is C15H23N3. The second kappa shape index (κ2) is 4.56. The van der Waals surface area contributed by atoms with Gasteiger partial charge in [0.25, 0.3) is 0 Å². The number of piperidine rings is 1. The molecule has 0 bridgehead atoms. The molecule has 2 fully saturated rings. The maximum absolute atomic E-state index is 3.65. The van der Waals surface area contributed by atoms with Gasteiger partial charge in [0.2, 0.25) is 0 Å². The molecule has 1 spiro atoms. The minimum Gasteiger partial charge on any atom is -0.351 e. The Kier molecular flexibility index (Phi) is 3.04. The van der Waals surface area contributed by atoms with Gasteiger partial charge in [-0.3, -0.25) is 5.32 Å². The van der Waals surface area contributed by atoms with Gasteiger partial charge in [0, 0.05) is 24.8 Å². The van der Waals surface area contributed by atoms with Crippen LogP contribution in [0.1, 0.15) is 19.8 Å². The van der Waals surface area contributed by atoms with Crippen LogP contribution in [0.3, 0.4) is 0 Å². The van der Waals surface area contributed by atoms with Crippen molar-refractivity contribution in [2.24, 2.45) is 0 Å². The first-order valence-corrected chi connectivity index (χ1v) is 6.97. The monoisotopic (exact) mass is 245 g/mol. The molecule has 2 aliphatic rings. The number of anilines is 1. The molecule has 0 aliphatic carbocycles. The summed E-state index contributed by atoms with van der Waals surface area (Å²) >= 11 is 0. The second-order valence-electron chi connectivity index (χ2n) is 5.75. The van der Waals surface area contributed by atoms with Crippen molar-refractivity contribution < 1.29 is 0 Å². The first kappa shape index (κ1) is 12.0. The molecule has 98 valence electrons. The summed E-state index contributed by atoms with van der Waals surface area (Å²) in [6, 6.07) is 11.4. The average Bonchev–Trinajstić information content (AvgIpc) is 2.72. The van der Waals surface area contributed by atoms with Crippen LogP contribution in [0.4, 0.5) is 5.69 Å². The van der Waals surface area contributed by atoms with Crippen LogP contribution >= 0.6 is 0 Å². The zero-order chi connectivity index (χ0) is 12.6. The predicted molar refractivity (Wildman–Crippen MR) is 75.8 cm³/mol. The SMILES string of the molecule is CC1NCN(c2ccccc2)C12CCN(C)CC2.